The van der Waals surface area contributed by atoms with Crippen LogP contribution in [0.4, 0.5) is 0 Å². The van der Waals surface area contributed by atoms with Crippen LogP contribution in [-0.2, 0) is 4.74 Å². The average Bonchev–Trinajstić information content (AvgIpc) is 1.83. The van der Waals surface area contributed by atoms with Crippen molar-refractivity contribution in [3.8, 4) is 6.07 Å². The summed E-state index contributed by atoms with van der Waals surface area (Å²) in [6, 6.07) is 1.88. The van der Waals surface area contributed by atoms with Crippen LogP contribution in [0.1, 0.15) is 13.8 Å². The van der Waals surface area contributed by atoms with Crippen LogP contribution in [0.5, 0.6) is 0 Å². The Morgan fingerprint density at radius 3 is 2.67 bits per heavy atom. The van der Waals surface area contributed by atoms with Crippen molar-refractivity contribution in [1.29, 1.82) is 5.26 Å². The molecule has 0 unspecified atom stereocenters. The van der Waals surface area contributed by atoms with Gasteiger partial charge in [0.25, 0.3) is 0 Å². The largest absolute Gasteiger partial charge is 1.00 e. The molecule has 0 N–H and O–H groups in total. The Morgan fingerprint density at radius 2 is 2.33 bits per heavy atom. The molecule has 44 valence electrons. The molecule has 0 aliphatic rings. The van der Waals surface area contributed by atoms with Gasteiger partial charge in [0.05, 0.1) is 6.61 Å². The van der Waals surface area contributed by atoms with Gasteiger partial charge in [0.15, 0.2) is 0 Å². The second-order valence-corrected chi connectivity index (χ2v) is 1.27. The summed E-state index contributed by atoms with van der Waals surface area (Å²) in [5.41, 5.74) is 0.479. The zero-order chi connectivity index (χ0) is 6.41. The van der Waals surface area contributed by atoms with Gasteiger partial charge in [-0.2, -0.15) is 0 Å². The Hall–Kier alpha value is -0.373. The average molecular weight is 117 g/mol. The smallest absolute Gasteiger partial charge is 0.593 e. The fourth-order valence-electron chi connectivity index (χ4n) is 0.203. The molecule has 0 amide bonds. The number of hydrogen-bond acceptors (Lipinski definition) is 2. The van der Waals surface area contributed by atoms with Crippen molar-refractivity contribution in [2.45, 2.75) is 13.8 Å². The normalized spacial score (nSPS) is 9.22. The second kappa shape index (κ2) is 7.63. The number of nitriles is 1. The van der Waals surface area contributed by atoms with Gasteiger partial charge >= 0.3 is 18.9 Å². The minimum Gasteiger partial charge on any atom is -0.593 e. The predicted molar refractivity (Wildman–Crippen MR) is 29.7 cm³/mol. The van der Waals surface area contributed by atoms with Crippen LogP contribution in [0.15, 0.2) is 5.57 Å². The van der Waals surface area contributed by atoms with E-state index >= 15 is 0 Å². The molecule has 3 heteroatoms. The Balaban J connectivity index is 0. The molecular formula is C6H8LiNO. The SMILES string of the molecule is CCO[C-]=C(C)C#N.[Li+]. The van der Waals surface area contributed by atoms with Crippen LogP contribution < -0.4 is 18.9 Å². The van der Waals surface area contributed by atoms with Crippen LogP contribution in [0, 0.1) is 17.6 Å². The van der Waals surface area contributed by atoms with Gasteiger partial charge < -0.3 is 10.00 Å². The molecule has 0 saturated heterocycles. The zero-order valence-corrected chi connectivity index (χ0v) is 6.06. The minimum absolute atomic E-state index is 0. The molecule has 0 spiro atoms. The van der Waals surface area contributed by atoms with Gasteiger partial charge in [0.1, 0.15) is 0 Å². The molecule has 0 aromatic rings. The molecule has 0 rings (SSSR count). The van der Waals surface area contributed by atoms with E-state index in [4.69, 9.17) is 5.26 Å². The number of hydrogen-bond donors (Lipinski definition) is 0. The van der Waals surface area contributed by atoms with E-state index in [0.29, 0.717) is 12.2 Å². The fourth-order valence-corrected chi connectivity index (χ4v) is 0.203. The van der Waals surface area contributed by atoms with Crippen molar-refractivity contribution in [2.24, 2.45) is 0 Å². The predicted octanol–water partition coefficient (Wildman–Crippen LogP) is -1.74. The van der Waals surface area contributed by atoms with Gasteiger partial charge in [-0.3, -0.25) is 0 Å². The third kappa shape index (κ3) is 7.63. The van der Waals surface area contributed by atoms with E-state index in [1.54, 1.807) is 6.92 Å². The van der Waals surface area contributed by atoms with Crippen LogP contribution >= 0.6 is 0 Å². The van der Waals surface area contributed by atoms with E-state index in [9.17, 15) is 0 Å². The molecule has 0 heterocycles. The van der Waals surface area contributed by atoms with Crippen molar-refractivity contribution in [1.82, 2.24) is 0 Å². The molecule has 0 aliphatic heterocycles. The van der Waals surface area contributed by atoms with Crippen LogP contribution in [-0.4, -0.2) is 6.61 Å². The third-order valence-corrected chi connectivity index (χ3v) is 0.537. The Kier molecular flexibility index (Phi) is 9.68. The van der Waals surface area contributed by atoms with Gasteiger partial charge in [0, 0.05) is 0 Å². The molecule has 0 aromatic carbocycles. The summed E-state index contributed by atoms with van der Waals surface area (Å²) in [4.78, 5) is 0. The number of allylic oxidation sites excluding steroid dienone is 1. The van der Waals surface area contributed by atoms with Crippen LogP contribution in [0.2, 0.25) is 0 Å². The first kappa shape index (κ1) is 11.4. The maximum Gasteiger partial charge on any atom is 1.00 e. The quantitative estimate of drug-likeness (QED) is 0.186. The summed E-state index contributed by atoms with van der Waals surface area (Å²) in [6.45, 7) is 4.06. The maximum atomic E-state index is 8.13. The van der Waals surface area contributed by atoms with Gasteiger partial charge in [0.2, 0.25) is 0 Å². The van der Waals surface area contributed by atoms with Gasteiger partial charge in [-0.1, -0.05) is 13.2 Å². The summed E-state index contributed by atoms with van der Waals surface area (Å²) in [5.74, 6) is 0. The van der Waals surface area contributed by atoms with Crippen molar-refractivity contribution in [3.05, 3.63) is 11.8 Å². The fraction of sp³-hybridized carbons (Fsp3) is 0.500. The molecule has 0 fully saturated rings. The van der Waals surface area contributed by atoms with Gasteiger partial charge in [-0.05, 0) is 6.92 Å². The monoisotopic (exact) mass is 117 g/mol. The third-order valence-electron chi connectivity index (χ3n) is 0.537. The zero-order valence-electron chi connectivity index (χ0n) is 6.06. The summed E-state index contributed by atoms with van der Waals surface area (Å²) in [7, 11) is 0. The number of nitrogens with zero attached hydrogens (tertiary/aromatic N) is 1. The van der Waals surface area contributed by atoms with E-state index in [0.717, 1.165) is 0 Å². The van der Waals surface area contributed by atoms with E-state index in [-0.39, 0.29) is 18.9 Å². The van der Waals surface area contributed by atoms with Crippen molar-refractivity contribution >= 4 is 0 Å². The first-order chi connectivity index (χ1) is 3.81. The Bertz CT molecular complexity index is 126. The standard InChI is InChI=1S/C6H8NO.Li/c1-3-8-5-6(2)4-7;/h3H2,1-2H3;/q-1;+1. The van der Waals surface area contributed by atoms with Crippen molar-refractivity contribution in [2.75, 3.05) is 6.61 Å². The first-order valence-electron chi connectivity index (χ1n) is 2.42. The molecule has 0 radical (unpaired) electrons. The topological polar surface area (TPSA) is 33.0 Å². The number of rotatable bonds is 2. The van der Waals surface area contributed by atoms with Gasteiger partial charge in [-0.15, -0.1) is 11.6 Å². The van der Waals surface area contributed by atoms with E-state index < -0.39 is 0 Å². The number of ether oxygens (including phenoxy) is 1. The Morgan fingerprint density at radius 1 is 1.78 bits per heavy atom. The van der Waals surface area contributed by atoms with Crippen LogP contribution in [0.3, 0.4) is 0 Å². The molecule has 0 bridgehead atoms. The van der Waals surface area contributed by atoms with Crippen molar-refractivity contribution < 1.29 is 23.6 Å². The molecule has 2 nitrogen and oxygen atoms in total. The molecule has 9 heavy (non-hydrogen) atoms. The van der Waals surface area contributed by atoms with E-state index in [2.05, 4.69) is 11.0 Å². The first-order valence-corrected chi connectivity index (χ1v) is 2.42. The molecular weight excluding hydrogens is 109 g/mol. The Labute approximate surface area is 67.7 Å². The van der Waals surface area contributed by atoms with Crippen molar-refractivity contribution in [3.63, 3.8) is 0 Å². The summed E-state index contributed by atoms with van der Waals surface area (Å²) in [5, 5.41) is 8.13. The van der Waals surface area contributed by atoms with E-state index in [1.807, 2.05) is 13.0 Å². The molecule has 0 aliphatic carbocycles. The van der Waals surface area contributed by atoms with E-state index in [1.165, 1.54) is 0 Å². The van der Waals surface area contributed by atoms with Gasteiger partial charge in [-0.25, -0.2) is 0 Å². The maximum absolute atomic E-state index is 8.13. The molecule has 0 atom stereocenters. The minimum atomic E-state index is 0. The summed E-state index contributed by atoms with van der Waals surface area (Å²) >= 11 is 0. The second-order valence-electron chi connectivity index (χ2n) is 1.27. The molecule has 0 saturated carbocycles. The summed E-state index contributed by atoms with van der Waals surface area (Å²) < 4.78 is 4.68. The van der Waals surface area contributed by atoms with Crippen LogP contribution in [0.25, 0.3) is 0 Å². The molecule has 0 aromatic heterocycles. The summed E-state index contributed by atoms with van der Waals surface area (Å²) in [6.07, 6.45) is 2.44.